The third-order valence-electron chi connectivity index (χ3n) is 2.82. The summed E-state index contributed by atoms with van der Waals surface area (Å²) in [5.74, 6) is -1.70. The molecular formula is C14H7BrClF5. The lowest BCUT2D eigenvalue weighted by atomic mass is 10.0. The van der Waals surface area contributed by atoms with E-state index in [0.29, 0.717) is 6.07 Å². The molecule has 0 radical (unpaired) electrons. The van der Waals surface area contributed by atoms with Crippen LogP contribution in [0.15, 0.2) is 40.9 Å². The average molecular weight is 386 g/mol. The molecule has 0 N–H and O–H groups in total. The van der Waals surface area contributed by atoms with E-state index in [4.69, 9.17) is 11.6 Å². The van der Waals surface area contributed by atoms with E-state index < -0.39 is 28.8 Å². The van der Waals surface area contributed by atoms with Crippen LogP contribution < -0.4 is 0 Å². The summed E-state index contributed by atoms with van der Waals surface area (Å²) < 4.78 is 64.8. The summed E-state index contributed by atoms with van der Waals surface area (Å²) in [5.41, 5.74) is -0.931. The second kappa shape index (κ2) is 5.93. The van der Waals surface area contributed by atoms with Crippen molar-refractivity contribution in [2.45, 2.75) is 11.6 Å². The highest BCUT2D eigenvalue weighted by Crippen LogP contribution is 2.39. The summed E-state index contributed by atoms with van der Waals surface area (Å²) in [6, 6.07) is 6.11. The average Bonchev–Trinajstić information content (AvgIpc) is 2.37. The smallest absolute Gasteiger partial charge is 0.207 e. The number of hydrogen-bond donors (Lipinski definition) is 0. The van der Waals surface area contributed by atoms with Crippen molar-refractivity contribution < 1.29 is 22.0 Å². The maximum atomic E-state index is 13.6. The minimum Gasteiger partial charge on any atom is -0.207 e. The second-order valence-electron chi connectivity index (χ2n) is 4.27. The Morgan fingerprint density at radius 3 is 2.24 bits per heavy atom. The Kier molecular flexibility index (Phi) is 4.58. The van der Waals surface area contributed by atoms with Gasteiger partial charge in [0.2, 0.25) is 0 Å². The van der Waals surface area contributed by atoms with Crippen molar-refractivity contribution in [1.82, 2.24) is 0 Å². The van der Waals surface area contributed by atoms with Crippen molar-refractivity contribution in [3.8, 4) is 0 Å². The van der Waals surface area contributed by atoms with Gasteiger partial charge in [0.1, 0.15) is 11.6 Å². The fourth-order valence-corrected chi connectivity index (χ4v) is 2.59. The van der Waals surface area contributed by atoms with E-state index in [1.165, 1.54) is 12.1 Å². The number of benzene rings is 2. The fourth-order valence-electron chi connectivity index (χ4n) is 1.80. The first-order valence-corrected chi connectivity index (χ1v) is 6.88. The predicted octanol–water partition coefficient (Wildman–Crippen LogP) is 6.07. The Morgan fingerprint density at radius 1 is 1.00 bits per heavy atom. The first-order valence-electron chi connectivity index (χ1n) is 5.66. The van der Waals surface area contributed by atoms with Crippen molar-refractivity contribution in [2.75, 3.05) is 0 Å². The zero-order valence-electron chi connectivity index (χ0n) is 10.2. The van der Waals surface area contributed by atoms with Gasteiger partial charge >= 0.3 is 6.18 Å². The molecule has 1 atom stereocenters. The first kappa shape index (κ1) is 16.2. The molecule has 0 nitrogen and oxygen atoms in total. The highest BCUT2D eigenvalue weighted by molar-refractivity contribution is 9.10. The molecule has 0 fully saturated rings. The van der Waals surface area contributed by atoms with E-state index >= 15 is 0 Å². The van der Waals surface area contributed by atoms with Crippen LogP contribution in [0.1, 0.15) is 22.1 Å². The van der Waals surface area contributed by atoms with E-state index in [0.717, 1.165) is 18.2 Å². The third-order valence-corrected chi connectivity index (χ3v) is 4.00. The van der Waals surface area contributed by atoms with Gasteiger partial charge in [0.15, 0.2) is 0 Å². The molecule has 0 bridgehead atoms. The Balaban J connectivity index is 2.46. The zero-order valence-corrected chi connectivity index (χ0v) is 12.5. The highest BCUT2D eigenvalue weighted by atomic mass is 79.9. The standard InChI is InChI=1S/C14H7BrClF5/c15-11-4-1-7(5-10(11)14(19,20)21)13(16)9-3-2-8(17)6-12(9)18/h1-6,13H. The van der Waals surface area contributed by atoms with E-state index in [-0.39, 0.29) is 15.6 Å². The molecule has 2 rings (SSSR count). The van der Waals surface area contributed by atoms with Crippen LogP contribution >= 0.6 is 27.5 Å². The molecule has 2 aromatic carbocycles. The van der Waals surface area contributed by atoms with Crippen LogP contribution in [-0.4, -0.2) is 0 Å². The fraction of sp³-hybridized carbons (Fsp3) is 0.143. The molecule has 0 saturated carbocycles. The lowest BCUT2D eigenvalue weighted by Gasteiger charge is -2.15. The molecule has 0 aliphatic heterocycles. The minimum atomic E-state index is -4.56. The van der Waals surface area contributed by atoms with Crippen molar-refractivity contribution in [2.24, 2.45) is 0 Å². The van der Waals surface area contributed by atoms with E-state index in [1.807, 2.05) is 0 Å². The summed E-state index contributed by atoms with van der Waals surface area (Å²) >= 11 is 8.83. The molecule has 0 aliphatic rings. The maximum Gasteiger partial charge on any atom is 0.417 e. The van der Waals surface area contributed by atoms with Crippen LogP contribution in [-0.2, 0) is 6.18 Å². The van der Waals surface area contributed by atoms with Crippen LogP contribution in [0.5, 0.6) is 0 Å². The van der Waals surface area contributed by atoms with Gasteiger partial charge in [-0.15, -0.1) is 11.6 Å². The topological polar surface area (TPSA) is 0 Å². The SMILES string of the molecule is Fc1ccc(C(Cl)c2ccc(Br)c(C(F)(F)F)c2)c(F)c1. The molecule has 0 amide bonds. The van der Waals surface area contributed by atoms with E-state index in [9.17, 15) is 22.0 Å². The Bertz CT molecular complexity index is 669. The molecule has 0 aliphatic carbocycles. The van der Waals surface area contributed by atoms with Crippen molar-refractivity contribution in [3.05, 3.63) is 69.2 Å². The molecule has 0 heterocycles. The Labute approximate surface area is 130 Å². The van der Waals surface area contributed by atoms with Gasteiger partial charge in [-0.25, -0.2) is 8.78 Å². The number of alkyl halides is 4. The largest absolute Gasteiger partial charge is 0.417 e. The molecular weight excluding hydrogens is 379 g/mol. The van der Waals surface area contributed by atoms with Crippen molar-refractivity contribution in [1.29, 1.82) is 0 Å². The van der Waals surface area contributed by atoms with Gasteiger partial charge in [-0.3, -0.25) is 0 Å². The van der Waals surface area contributed by atoms with Gasteiger partial charge < -0.3 is 0 Å². The molecule has 0 saturated heterocycles. The van der Waals surface area contributed by atoms with Crippen LogP contribution in [0.4, 0.5) is 22.0 Å². The monoisotopic (exact) mass is 384 g/mol. The van der Waals surface area contributed by atoms with Gasteiger partial charge in [-0.2, -0.15) is 13.2 Å². The molecule has 7 heteroatoms. The van der Waals surface area contributed by atoms with Gasteiger partial charge in [-0.1, -0.05) is 28.1 Å². The van der Waals surface area contributed by atoms with Crippen LogP contribution in [0.3, 0.4) is 0 Å². The number of rotatable bonds is 2. The van der Waals surface area contributed by atoms with Crippen LogP contribution in [0.2, 0.25) is 0 Å². The molecule has 1 unspecified atom stereocenters. The zero-order chi connectivity index (χ0) is 15.8. The summed E-state index contributed by atoms with van der Waals surface area (Å²) in [7, 11) is 0. The van der Waals surface area contributed by atoms with E-state index in [2.05, 4.69) is 15.9 Å². The first-order chi connectivity index (χ1) is 9.70. The van der Waals surface area contributed by atoms with Gasteiger partial charge in [-0.05, 0) is 23.8 Å². The van der Waals surface area contributed by atoms with Gasteiger partial charge in [0, 0.05) is 16.1 Å². The summed E-state index contributed by atoms with van der Waals surface area (Å²) in [6.07, 6.45) is -4.56. The molecule has 2 aromatic rings. The molecule has 112 valence electrons. The number of halogens is 7. The lowest BCUT2D eigenvalue weighted by Crippen LogP contribution is -2.08. The number of hydrogen-bond acceptors (Lipinski definition) is 0. The van der Waals surface area contributed by atoms with Crippen LogP contribution in [0.25, 0.3) is 0 Å². The normalized spacial score (nSPS) is 13.3. The summed E-state index contributed by atoms with van der Waals surface area (Å²) in [6.45, 7) is 0. The minimum absolute atomic E-state index is 0.0673. The van der Waals surface area contributed by atoms with Gasteiger partial charge in [0.05, 0.1) is 10.9 Å². The lowest BCUT2D eigenvalue weighted by molar-refractivity contribution is -0.138. The van der Waals surface area contributed by atoms with Crippen LogP contribution in [0, 0.1) is 11.6 Å². The van der Waals surface area contributed by atoms with Crippen molar-refractivity contribution in [3.63, 3.8) is 0 Å². The summed E-state index contributed by atoms with van der Waals surface area (Å²) in [4.78, 5) is 0. The van der Waals surface area contributed by atoms with Gasteiger partial charge in [0.25, 0.3) is 0 Å². The summed E-state index contributed by atoms with van der Waals surface area (Å²) in [5, 5.41) is -1.15. The molecule has 21 heavy (non-hydrogen) atoms. The molecule has 0 aromatic heterocycles. The predicted molar refractivity (Wildman–Crippen MR) is 73.2 cm³/mol. The Morgan fingerprint density at radius 2 is 1.67 bits per heavy atom. The third kappa shape index (κ3) is 3.55. The second-order valence-corrected chi connectivity index (χ2v) is 5.56. The maximum absolute atomic E-state index is 13.6. The highest BCUT2D eigenvalue weighted by Gasteiger charge is 2.33. The Hall–Kier alpha value is -1.14. The van der Waals surface area contributed by atoms with E-state index in [1.54, 1.807) is 0 Å². The molecule has 0 spiro atoms. The quantitative estimate of drug-likeness (QED) is 0.434. The van der Waals surface area contributed by atoms with Crippen molar-refractivity contribution >= 4 is 27.5 Å².